The first kappa shape index (κ1) is 35.5. The molecule has 3 rings (SSSR count). The highest BCUT2D eigenvalue weighted by Crippen LogP contribution is 2.39. The van der Waals surface area contributed by atoms with Gasteiger partial charge in [-0.25, -0.2) is 24.5 Å². The summed E-state index contributed by atoms with van der Waals surface area (Å²) in [5.41, 5.74) is -3.49. The Hall–Kier alpha value is -4.00. The number of hydrogen-bond donors (Lipinski definition) is 1. The first-order valence-corrected chi connectivity index (χ1v) is 13.9. The first-order chi connectivity index (χ1) is 21.1. The van der Waals surface area contributed by atoms with Crippen molar-refractivity contribution in [1.82, 2.24) is 15.0 Å². The lowest BCUT2D eigenvalue weighted by Crippen LogP contribution is -2.19. The molecule has 45 heavy (non-hydrogen) atoms. The Morgan fingerprint density at radius 1 is 0.822 bits per heavy atom. The average molecular weight is 774 g/mol. The minimum Gasteiger partial charge on any atom is -0.481 e. The number of hydrogen-bond acceptors (Lipinski definition) is 10. The van der Waals surface area contributed by atoms with E-state index in [2.05, 4.69) is 61.6 Å². The van der Waals surface area contributed by atoms with Crippen LogP contribution in [0.5, 0.6) is 11.8 Å². The largest absolute Gasteiger partial charge is 0.481 e. The van der Waals surface area contributed by atoms with E-state index in [1.165, 1.54) is 18.3 Å². The van der Waals surface area contributed by atoms with Gasteiger partial charge in [-0.15, -0.1) is 0 Å². The van der Waals surface area contributed by atoms with Gasteiger partial charge < -0.3 is 24.3 Å². The van der Waals surface area contributed by atoms with E-state index in [0.29, 0.717) is 12.1 Å². The zero-order valence-corrected chi connectivity index (χ0v) is 26.1. The lowest BCUT2D eigenvalue weighted by molar-refractivity contribution is -0.140. The lowest BCUT2D eigenvalue weighted by Gasteiger charge is -2.16. The molecule has 11 nitrogen and oxygen atoms in total. The highest BCUT2D eigenvalue weighted by atomic mass is 79.9. The summed E-state index contributed by atoms with van der Waals surface area (Å²) in [4.78, 5) is 48.0. The molecule has 1 N–H and O–H groups in total. The number of ether oxygens (including phenoxy) is 4. The molecule has 19 heteroatoms. The molecule has 3 heterocycles. The average Bonchev–Trinajstić information content (AvgIpc) is 2.97. The van der Waals surface area contributed by atoms with E-state index in [-0.39, 0.29) is 46.4 Å². The van der Waals surface area contributed by atoms with Crippen molar-refractivity contribution in [2.24, 2.45) is 0 Å². The van der Waals surface area contributed by atoms with Gasteiger partial charge in [0.15, 0.2) is 5.69 Å². The summed E-state index contributed by atoms with van der Waals surface area (Å²) in [5, 5.41) is 2.40. The van der Waals surface area contributed by atoms with Crippen molar-refractivity contribution in [1.29, 1.82) is 0 Å². The third-order valence-corrected chi connectivity index (χ3v) is 6.73. The Balaban J connectivity index is 1.65. The van der Waals surface area contributed by atoms with E-state index in [9.17, 15) is 40.7 Å². The first-order valence-electron chi connectivity index (χ1n) is 12.3. The maximum Gasteiger partial charge on any atom is 0.421 e. The number of unbranched alkanes of at least 4 members (excludes halogenated alkanes) is 1. The molecule has 0 aliphatic rings. The lowest BCUT2D eigenvalue weighted by atomic mass is 10.2. The minimum absolute atomic E-state index is 0.0438. The number of amides is 1. The van der Waals surface area contributed by atoms with Crippen LogP contribution in [0.3, 0.4) is 0 Å². The van der Waals surface area contributed by atoms with Gasteiger partial charge in [0.1, 0.15) is 22.5 Å². The molecule has 3 aromatic rings. The van der Waals surface area contributed by atoms with Crippen LogP contribution >= 0.6 is 31.9 Å². The van der Waals surface area contributed by atoms with Crippen LogP contribution in [0.2, 0.25) is 0 Å². The van der Waals surface area contributed by atoms with Crippen LogP contribution in [-0.2, 0) is 21.8 Å². The molecule has 0 aliphatic carbocycles. The van der Waals surface area contributed by atoms with Crippen LogP contribution in [-0.4, -0.2) is 60.2 Å². The smallest absolute Gasteiger partial charge is 0.421 e. The maximum atomic E-state index is 13.7. The fourth-order valence-electron chi connectivity index (χ4n) is 3.44. The summed E-state index contributed by atoms with van der Waals surface area (Å²) >= 11 is 5.76. The molecule has 0 aromatic carbocycles. The van der Waals surface area contributed by atoms with E-state index in [0.717, 1.165) is 14.2 Å². The number of carbonyl (C=O) groups excluding carboxylic acids is 3. The quantitative estimate of drug-likeness (QED) is 0.131. The number of anilines is 1. The topological polar surface area (TPSA) is 139 Å². The van der Waals surface area contributed by atoms with Crippen molar-refractivity contribution >= 4 is 55.4 Å². The monoisotopic (exact) mass is 772 g/mol. The summed E-state index contributed by atoms with van der Waals surface area (Å²) < 4.78 is 99.3. The van der Waals surface area contributed by atoms with Crippen molar-refractivity contribution in [2.75, 3.05) is 32.8 Å². The number of pyridine rings is 3. The van der Waals surface area contributed by atoms with Gasteiger partial charge in [0.25, 0.3) is 5.91 Å². The van der Waals surface area contributed by atoms with Crippen LogP contribution in [0.25, 0.3) is 0 Å². The number of nitrogens with zero attached hydrogens (tertiary/aromatic N) is 3. The fraction of sp³-hybridized carbons (Fsp3) is 0.308. The molecule has 0 saturated heterocycles. The number of rotatable bonds is 11. The minimum atomic E-state index is -4.90. The summed E-state index contributed by atoms with van der Waals surface area (Å²) in [6, 6.07) is 3.75. The Bertz CT molecular complexity index is 1590. The van der Waals surface area contributed by atoms with Gasteiger partial charge in [-0.2, -0.15) is 26.3 Å². The summed E-state index contributed by atoms with van der Waals surface area (Å²) in [6.45, 7) is -0.633. The fourth-order valence-corrected chi connectivity index (χ4v) is 4.42. The maximum absolute atomic E-state index is 13.7. The Kier molecular flexibility index (Phi) is 11.7. The third-order valence-electron chi connectivity index (χ3n) is 5.52. The number of esters is 2. The molecule has 0 radical (unpaired) electrons. The highest BCUT2D eigenvalue weighted by molar-refractivity contribution is 9.10. The molecule has 0 atom stereocenters. The Morgan fingerprint density at radius 3 is 2.00 bits per heavy atom. The molecular formula is C26H20Br2F6N4O7. The van der Waals surface area contributed by atoms with Gasteiger partial charge in [0.2, 0.25) is 11.8 Å². The molecule has 0 fully saturated rings. The number of halogens is 8. The van der Waals surface area contributed by atoms with Gasteiger partial charge in [-0.3, -0.25) is 4.79 Å². The predicted octanol–water partition coefficient (Wildman–Crippen LogP) is 6.50. The normalized spacial score (nSPS) is 11.5. The number of carbonyl (C=O) groups is 3. The second-order valence-electron chi connectivity index (χ2n) is 8.61. The van der Waals surface area contributed by atoms with E-state index in [1.807, 2.05) is 0 Å². The van der Waals surface area contributed by atoms with Gasteiger partial charge >= 0.3 is 24.3 Å². The van der Waals surface area contributed by atoms with Crippen LogP contribution in [0, 0.1) is 0 Å². The molecule has 0 unspecified atom stereocenters. The second kappa shape index (κ2) is 14.9. The van der Waals surface area contributed by atoms with Crippen LogP contribution in [0.4, 0.5) is 32.0 Å². The predicted molar refractivity (Wildman–Crippen MR) is 149 cm³/mol. The van der Waals surface area contributed by atoms with Gasteiger partial charge in [0, 0.05) is 16.4 Å². The molecule has 0 saturated carbocycles. The Morgan fingerprint density at radius 2 is 1.40 bits per heavy atom. The van der Waals surface area contributed by atoms with E-state index < -0.39 is 64.5 Å². The molecule has 1 amide bonds. The van der Waals surface area contributed by atoms with Crippen molar-refractivity contribution in [2.45, 2.75) is 25.2 Å². The molecule has 0 spiro atoms. The van der Waals surface area contributed by atoms with E-state index >= 15 is 0 Å². The number of aromatic nitrogens is 3. The van der Waals surface area contributed by atoms with Gasteiger partial charge in [0.05, 0.1) is 31.9 Å². The van der Waals surface area contributed by atoms with Gasteiger partial charge in [-0.1, -0.05) is 0 Å². The summed E-state index contributed by atoms with van der Waals surface area (Å²) in [7, 11) is 2.08. The number of methoxy groups -OCH3 is 2. The molecule has 0 bridgehead atoms. The number of nitrogens with one attached hydrogen (secondary N) is 1. The summed E-state index contributed by atoms with van der Waals surface area (Å²) in [5.74, 6) is -4.54. The van der Waals surface area contributed by atoms with E-state index in [1.54, 1.807) is 0 Å². The SMILES string of the molecule is COC(=O)c1cc(NC(=O)c2nc(OCCCCOC(=O)c3nc(OC)c(C(F)(F)F)cc3Br)c(C(F)(F)F)cc2Br)ccn1. The van der Waals surface area contributed by atoms with Crippen LogP contribution in [0.15, 0.2) is 39.4 Å². The second-order valence-corrected chi connectivity index (χ2v) is 10.3. The summed E-state index contributed by atoms with van der Waals surface area (Å²) in [6.07, 6.45) is -8.38. The van der Waals surface area contributed by atoms with Crippen LogP contribution in [0.1, 0.15) is 55.4 Å². The van der Waals surface area contributed by atoms with Crippen molar-refractivity contribution in [3.05, 3.63) is 67.6 Å². The molecular weight excluding hydrogens is 754 g/mol. The number of alkyl halides is 6. The van der Waals surface area contributed by atoms with Crippen molar-refractivity contribution in [3.8, 4) is 11.8 Å². The Labute approximate surface area is 266 Å². The molecule has 0 aliphatic heterocycles. The molecule has 3 aromatic heterocycles. The van der Waals surface area contributed by atoms with Crippen LogP contribution < -0.4 is 14.8 Å². The standard InChI is InChI=1S/C26H20Br2F6N4O7/c1-42-21-13(25(29,30)31)10-16(28)19(38-21)24(41)45-8-4-3-7-44-22-14(26(32,33)34)11-15(27)18(37-22)20(39)36-12-5-6-35-17(9-12)23(40)43-2/h5-6,9-11H,3-4,7-8H2,1-2H3,(H,35,36,39). The zero-order valence-electron chi connectivity index (χ0n) is 22.9. The zero-order chi connectivity index (χ0) is 33.5. The molecule has 242 valence electrons. The van der Waals surface area contributed by atoms with Crippen molar-refractivity contribution in [3.63, 3.8) is 0 Å². The third kappa shape index (κ3) is 9.25. The van der Waals surface area contributed by atoms with Crippen molar-refractivity contribution < 1.29 is 59.7 Å². The highest BCUT2D eigenvalue weighted by Gasteiger charge is 2.38. The van der Waals surface area contributed by atoms with E-state index in [4.69, 9.17) is 9.47 Å². The van der Waals surface area contributed by atoms with Gasteiger partial charge in [-0.05, 0) is 69.0 Å².